The number of unbranched alkanes of at least 4 members (excludes halogenated alkanes) is 2. The van der Waals surface area contributed by atoms with E-state index in [2.05, 4.69) is 29.6 Å². The molecule has 17 heavy (non-hydrogen) atoms. The van der Waals surface area contributed by atoms with Gasteiger partial charge in [-0.3, -0.25) is 4.79 Å². The number of hydrogen-bond donors (Lipinski definition) is 2. The SMILES string of the molecule is NC(=O)CCCCCNCCc1ccccc1. The summed E-state index contributed by atoms with van der Waals surface area (Å²) in [4.78, 5) is 10.5. The average Bonchev–Trinajstić information content (AvgIpc) is 2.33. The van der Waals surface area contributed by atoms with Crippen LogP contribution in [-0.2, 0) is 11.2 Å². The first-order chi connectivity index (χ1) is 8.29. The van der Waals surface area contributed by atoms with E-state index in [0.717, 1.165) is 38.8 Å². The van der Waals surface area contributed by atoms with Crippen molar-refractivity contribution in [1.29, 1.82) is 0 Å². The fraction of sp³-hybridized carbons (Fsp3) is 0.500. The van der Waals surface area contributed by atoms with Crippen LogP contribution < -0.4 is 11.1 Å². The highest BCUT2D eigenvalue weighted by Gasteiger charge is 1.95. The lowest BCUT2D eigenvalue weighted by Gasteiger charge is -2.04. The predicted molar refractivity (Wildman–Crippen MR) is 70.7 cm³/mol. The summed E-state index contributed by atoms with van der Waals surface area (Å²) in [5, 5.41) is 3.41. The van der Waals surface area contributed by atoms with Gasteiger partial charge in [-0.2, -0.15) is 0 Å². The van der Waals surface area contributed by atoms with Gasteiger partial charge in [-0.1, -0.05) is 36.8 Å². The standard InChI is InChI=1S/C14H22N2O/c15-14(17)9-5-2-6-11-16-12-10-13-7-3-1-4-8-13/h1,3-4,7-8,16H,2,5-6,9-12H2,(H2,15,17). The van der Waals surface area contributed by atoms with Gasteiger partial charge in [-0.25, -0.2) is 0 Å². The molecule has 0 aliphatic heterocycles. The molecule has 0 fully saturated rings. The summed E-state index contributed by atoms with van der Waals surface area (Å²) in [6.45, 7) is 2.03. The van der Waals surface area contributed by atoms with E-state index in [4.69, 9.17) is 5.73 Å². The van der Waals surface area contributed by atoms with Crippen LogP contribution in [-0.4, -0.2) is 19.0 Å². The number of carbonyl (C=O) groups is 1. The Morgan fingerprint density at radius 1 is 1.06 bits per heavy atom. The molecule has 0 saturated carbocycles. The molecule has 0 bridgehead atoms. The van der Waals surface area contributed by atoms with Gasteiger partial charge in [0, 0.05) is 6.42 Å². The Hall–Kier alpha value is -1.35. The monoisotopic (exact) mass is 234 g/mol. The van der Waals surface area contributed by atoms with E-state index < -0.39 is 0 Å². The normalized spacial score (nSPS) is 10.4. The first kappa shape index (κ1) is 13.7. The summed E-state index contributed by atoms with van der Waals surface area (Å²) >= 11 is 0. The van der Waals surface area contributed by atoms with Crippen LogP contribution in [0.15, 0.2) is 30.3 Å². The second kappa shape index (κ2) is 8.76. The molecule has 3 N–H and O–H groups in total. The fourth-order valence-corrected chi connectivity index (χ4v) is 1.73. The first-order valence-electron chi connectivity index (χ1n) is 6.32. The number of amides is 1. The van der Waals surface area contributed by atoms with E-state index in [0.29, 0.717) is 6.42 Å². The van der Waals surface area contributed by atoms with Gasteiger partial charge >= 0.3 is 0 Å². The van der Waals surface area contributed by atoms with Crippen molar-refractivity contribution in [3.8, 4) is 0 Å². The minimum Gasteiger partial charge on any atom is -0.370 e. The summed E-state index contributed by atoms with van der Waals surface area (Å²) in [5.41, 5.74) is 6.43. The molecule has 0 unspecified atom stereocenters. The maximum absolute atomic E-state index is 10.5. The van der Waals surface area contributed by atoms with E-state index in [1.165, 1.54) is 5.56 Å². The van der Waals surface area contributed by atoms with Gasteiger partial charge in [0.2, 0.25) is 5.91 Å². The van der Waals surface area contributed by atoms with Gasteiger partial charge < -0.3 is 11.1 Å². The summed E-state index contributed by atoms with van der Waals surface area (Å²) in [5.74, 6) is -0.193. The summed E-state index contributed by atoms with van der Waals surface area (Å²) in [6.07, 6.45) is 4.69. The molecule has 0 saturated heterocycles. The number of hydrogen-bond acceptors (Lipinski definition) is 2. The molecule has 0 spiro atoms. The Kier molecular flexibility index (Phi) is 7.07. The van der Waals surface area contributed by atoms with Gasteiger partial charge in [0.05, 0.1) is 0 Å². The molecule has 94 valence electrons. The highest BCUT2D eigenvalue weighted by molar-refractivity contribution is 5.73. The first-order valence-corrected chi connectivity index (χ1v) is 6.32. The number of nitrogens with one attached hydrogen (secondary N) is 1. The molecule has 0 aliphatic carbocycles. The second-order valence-corrected chi connectivity index (χ2v) is 4.26. The number of rotatable bonds is 9. The Labute approximate surface area is 103 Å². The third kappa shape index (κ3) is 7.53. The molecule has 0 atom stereocenters. The van der Waals surface area contributed by atoms with E-state index in [1.807, 2.05) is 6.07 Å². The molecule has 3 heteroatoms. The zero-order valence-corrected chi connectivity index (χ0v) is 10.3. The predicted octanol–water partition coefficient (Wildman–Crippen LogP) is 1.86. The molecule has 1 amide bonds. The van der Waals surface area contributed by atoms with Crippen molar-refractivity contribution in [2.45, 2.75) is 32.1 Å². The van der Waals surface area contributed by atoms with Gasteiger partial charge in [0.1, 0.15) is 0 Å². The maximum Gasteiger partial charge on any atom is 0.217 e. The molecule has 0 aromatic heterocycles. The lowest BCUT2D eigenvalue weighted by Crippen LogP contribution is -2.18. The summed E-state index contributed by atoms with van der Waals surface area (Å²) in [7, 11) is 0. The Morgan fingerprint density at radius 2 is 1.82 bits per heavy atom. The van der Waals surface area contributed by atoms with Crippen molar-refractivity contribution in [3.05, 3.63) is 35.9 Å². The summed E-state index contributed by atoms with van der Waals surface area (Å²) in [6, 6.07) is 10.5. The van der Waals surface area contributed by atoms with Crippen LogP contribution in [0.2, 0.25) is 0 Å². The molecular formula is C14H22N2O. The molecule has 3 nitrogen and oxygen atoms in total. The van der Waals surface area contributed by atoms with Crippen molar-refractivity contribution in [1.82, 2.24) is 5.32 Å². The van der Waals surface area contributed by atoms with Gasteiger partial charge in [0.25, 0.3) is 0 Å². The minimum atomic E-state index is -0.193. The number of carbonyl (C=O) groups excluding carboxylic acids is 1. The van der Waals surface area contributed by atoms with E-state index in [1.54, 1.807) is 0 Å². The quantitative estimate of drug-likeness (QED) is 0.641. The van der Waals surface area contributed by atoms with Crippen LogP contribution in [0.1, 0.15) is 31.2 Å². The van der Waals surface area contributed by atoms with Crippen LogP contribution in [0.3, 0.4) is 0 Å². The molecule has 0 radical (unpaired) electrons. The maximum atomic E-state index is 10.5. The van der Waals surface area contributed by atoms with Crippen molar-refractivity contribution in [2.75, 3.05) is 13.1 Å². The van der Waals surface area contributed by atoms with Crippen molar-refractivity contribution >= 4 is 5.91 Å². The lowest BCUT2D eigenvalue weighted by atomic mass is 10.1. The molecule has 1 rings (SSSR count). The van der Waals surface area contributed by atoms with Crippen molar-refractivity contribution in [2.24, 2.45) is 5.73 Å². The fourth-order valence-electron chi connectivity index (χ4n) is 1.73. The third-order valence-corrected chi connectivity index (χ3v) is 2.71. The largest absolute Gasteiger partial charge is 0.370 e. The van der Waals surface area contributed by atoms with Gasteiger partial charge in [-0.05, 0) is 37.9 Å². The van der Waals surface area contributed by atoms with Gasteiger partial charge in [0.15, 0.2) is 0 Å². The molecule has 1 aromatic rings. The third-order valence-electron chi connectivity index (χ3n) is 2.71. The van der Waals surface area contributed by atoms with Crippen molar-refractivity contribution < 1.29 is 4.79 Å². The molecule has 1 aromatic carbocycles. The van der Waals surface area contributed by atoms with E-state index >= 15 is 0 Å². The highest BCUT2D eigenvalue weighted by Crippen LogP contribution is 1.99. The number of benzene rings is 1. The highest BCUT2D eigenvalue weighted by atomic mass is 16.1. The van der Waals surface area contributed by atoms with Crippen LogP contribution in [0.4, 0.5) is 0 Å². The number of primary amides is 1. The smallest absolute Gasteiger partial charge is 0.217 e. The second-order valence-electron chi connectivity index (χ2n) is 4.26. The Balaban J connectivity index is 1.90. The van der Waals surface area contributed by atoms with Crippen LogP contribution in [0, 0.1) is 0 Å². The molecule has 0 heterocycles. The average molecular weight is 234 g/mol. The Morgan fingerprint density at radius 3 is 2.53 bits per heavy atom. The zero-order chi connectivity index (χ0) is 12.3. The van der Waals surface area contributed by atoms with Crippen LogP contribution in [0.25, 0.3) is 0 Å². The molecular weight excluding hydrogens is 212 g/mol. The number of nitrogens with two attached hydrogens (primary N) is 1. The van der Waals surface area contributed by atoms with Gasteiger partial charge in [-0.15, -0.1) is 0 Å². The van der Waals surface area contributed by atoms with Crippen LogP contribution >= 0.6 is 0 Å². The minimum absolute atomic E-state index is 0.193. The van der Waals surface area contributed by atoms with Crippen molar-refractivity contribution in [3.63, 3.8) is 0 Å². The van der Waals surface area contributed by atoms with Crippen LogP contribution in [0.5, 0.6) is 0 Å². The topological polar surface area (TPSA) is 55.1 Å². The van der Waals surface area contributed by atoms with E-state index in [-0.39, 0.29) is 5.91 Å². The van der Waals surface area contributed by atoms with E-state index in [9.17, 15) is 4.79 Å². The lowest BCUT2D eigenvalue weighted by molar-refractivity contribution is -0.118. The Bertz CT molecular complexity index is 311. The molecule has 0 aliphatic rings. The zero-order valence-electron chi connectivity index (χ0n) is 10.3. The summed E-state index contributed by atoms with van der Waals surface area (Å²) < 4.78 is 0.